The second-order valence-electron chi connectivity index (χ2n) is 6.17. The van der Waals surface area contributed by atoms with Gasteiger partial charge in [-0.1, -0.05) is 60.4 Å². The number of thiocarbonyl (C=S) groups is 1. The Morgan fingerprint density at radius 1 is 0.897 bits per heavy atom. The summed E-state index contributed by atoms with van der Waals surface area (Å²) in [6.45, 7) is 0. The molecule has 4 rings (SSSR count). The van der Waals surface area contributed by atoms with Gasteiger partial charge in [0.25, 0.3) is 5.91 Å². The summed E-state index contributed by atoms with van der Waals surface area (Å²) in [6.07, 6.45) is 1.81. The van der Waals surface area contributed by atoms with Crippen molar-refractivity contribution in [1.82, 2.24) is 0 Å². The Morgan fingerprint density at radius 3 is 2.28 bits per heavy atom. The topological polar surface area (TPSA) is 38.8 Å². The molecule has 6 heteroatoms. The fourth-order valence-electron chi connectivity index (χ4n) is 2.91. The van der Waals surface area contributed by atoms with Crippen LogP contribution in [0.2, 0.25) is 0 Å². The zero-order chi connectivity index (χ0) is 20.2. The van der Waals surface area contributed by atoms with Crippen molar-refractivity contribution in [3.8, 4) is 17.2 Å². The van der Waals surface area contributed by atoms with Crippen molar-refractivity contribution in [2.45, 2.75) is 0 Å². The Morgan fingerprint density at radius 2 is 1.55 bits per heavy atom. The summed E-state index contributed by atoms with van der Waals surface area (Å²) in [5.41, 5.74) is 1.54. The summed E-state index contributed by atoms with van der Waals surface area (Å²) >= 11 is 6.74. The lowest BCUT2D eigenvalue weighted by molar-refractivity contribution is -0.113. The van der Waals surface area contributed by atoms with Gasteiger partial charge in [-0.05, 0) is 48.5 Å². The van der Waals surface area contributed by atoms with Gasteiger partial charge in [0.1, 0.15) is 17.2 Å². The summed E-state index contributed by atoms with van der Waals surface area (Å²) in [6, 6.07) is 24.4. The van der Waals surface area contributed by atoms with E-state index in [0.29, 0.717) is 26.4 Å². The molecule has 1 aliphatic rings. The van der Waals surface area contributed by atoms with Gasteiger partial charge in [-0.2, -0.15) is 0 Å². The van der Waals surface area contributed by atoms with E-state index >= 15 is 0 Å². The molecule has 1 aliphatic heterocycles. The molecule has 0 bridgehead atoms. The van der Waals surface area contributed by atoms with Crippen molar-refractivity contribution in [1.29, 1.82) is 0 Å². The van der Waals surface area contributed by atoms with Crippen LogP contribution in [0.1, 0.15) is 5.56 Å². The number of benzene rings is 3. The highest BCUT2D eigenvalue weighted by Gasteiger charge is 2.33. The zero-order valence-electron chi connectivity index (χ0n) is 15.6. The number of amides is 1. The van der Waals surface area contributed by atoms with Crippen molar-refractivity contribution >= 4 is 46.0 Å². The van der Waals surface area contributed by atoms with Crippen LogP contribution in [0, 0.1) is 0 Å². The van der Waals surface area contributed by atoms with E-state index in [-0.39, 0.29) is 5.91 Å². The van der Waals surface area contributed by atoms with Crippen molar-refractivity contribution in [2.24, 2.45) is 0 Å². The predicted molar refractivity (Wildman–Crippen MR) is 122 cm³/mol. The van der Waals surface area contributed by atoms with Crippen LogP contribution in [0.15, 0.2) is 83.8 Å². The number of ether oxygens (including phenoxy) is 2. The van der Waals surface area contributed by atoms with Crippen LogP contribution in [-0.4, -0.2) is 17.3 Å². The highest BCUT2D eigenvalue weighted by atomic mass is 32.2. The number of methoxy groups -OCH3 is 1. The highest BCUT2D eigenvalue weighted by Crippen LogP contribution is 2.37. The molecule has 0 spiro atoms. The predicted octanol–water partition coefficient (Wildman–Crippen LogP) is 5.89. The molecule has 29 heavy (non-hydrogen) atoms. The van der Waals surface area contributed by atoms with Crippen molar-refractivity contribution < 1.29 is 14.3 Å². The minimum absolute atomic E-state index is 0.150. The monoisotopic (exact) mass is 419 g/mol. The highest BCUT2D eigenvalue weighted by molar-refractivity contribution is 8.27. The summed E-state index contributed by atoms with van der Waals surface area (Å²) in [7, 11) is 1.61. The minimum atomic E-state index is -0.150. The smallest absolute Gasteiger partial charge is 0.270 e. The number of hydrogen-bond donors (Lipinski definition) is 0. The molecule has 1 amide bonds. The van der Waals surface area contributed by atoms with E-state index in [9.17, 15) is 4.79 Å². The van der Waals surface area contributed by atoms with Crippen molar-refractivity contribution in [2.75, 3.05) is 12.0 Å². The molecule has 0 radical (unpaired) electrons. The maximum absolute atomic E-state index is 13.0. The maximum Gasteiger partial charge on any atom is 0.270 e. The number of carbonyl (C=O) groups excluding carboxylic acids is 1. The first-order valence-electron chi connectivity index (χ1n) is 8.89. The molecular weight excluding hydrogens is 402 g/mol. The Balaban J connectivity index is 1.55. The molecule has 0 unspecified atom stereocenters. The van der Waals surface area contributed by atoms with Gasteiger partial charge in [-0.25, -0.2) is 0 Å². The van der Waals surface area contributed by atoms with Crippen molar-refractivity contribution in [3.63, 3.8) is 0 Å². The molecular formula is C23H17NO3S2. The fourth-order valence-corrected chi connectivity index (χ4v) is 4.19. The Hall–Kier alpha value is -3.09. The number of nitrogens with zero attached hydrogens (tertiary/aromatic N) is 1. The first-order chi connectivity index (χ1) is 14.2. The zero-order valence-corrected chi connectivity index (χ0v) is 17.2. The van der Waals surface area contributed by atoms with Gasteiger partial charge in [-0.3, -0.25) is 9.69 Å². The number of thioether (sulfide) groups is 1. The fraction of sp³-hybridized carbons (Fsp3) is 0.0435. The van der Waals surface area contributed by atoms with E-state index < -0.39 is 0 Å². The van der Waals surface area contributed by atoms with Gasteiger partial charge in [0.05, 0.1) is 17.7 Å². The van der Waals surface area contributed by atoms with E-state index in [1.54, 1.807) is 7.11 Å². The number of hydrogen-bond acceptors (Lipinski definition) is 5. The first-order valence-corrected chi connectivity index (χ1v) is 10.1. The number of anilines is 1. The number of para-hydroxylation sites is 2. The van der Waals surface area contributed by atoms with E-state index in [1.807, 2.05) is 84.9 Å². The molecule has 1 saturated heterocycles. The van der Waals surface area contributed by atoms with Crippen LogP contribution in [-0.2, 0) is 4.79 Å². The van der Waals surface area contributed by atoms with E-state index in [0.717, 1.165) is 11.3 Å². The van der Waals surface area contributed by atoms with Gasteiger partial charge < -0.3 is 9.47 Å². The Bertz CT molecular complexity index is 1080. The molecule has 0 aliphatic carbocycles. The summed E-state index contributed by atoms with van der Waals surface area (Å²) in [5.74, 6) is 2.00. The van der Waals surface area contributed by atoms with Gasteiger partial charge in [0.15, 0.2) is 4.32 Å². The molecule has 1 fully saturated rings. The second-order valence-corrected chi connectivity index (χ2v) is 7.84. The van der Waals surface area contributed by atoms with Crippen LogP contribution >= 0.6 is 24.0 Å². The SMILES string of the molecule is COc1ccccc1/C=C1\SC(=S)N(c2ccc(Oc3ccccc3)cc2)C1=O. The third-order valence-electron chi connectivity index (χ3n) is 4.29. The first kappa shape index (κ1) is 19.2. The van der Waals surface area contributed by atoms with Gasteiger partial charge in [0, 0.05) is 5.56 Å². The maximum atomic E-state index is 13.0. The lowest BCUT2D eigenvalue weighted by atomic mass is 10.2. The number of rotatable bonds is 5. The summed E-state index contributed by atoms with van der Waals surface area (Å²) in [5, 5.41) is 0. The standard InChI is InChI=1S/C23H17NO3S2/c1-26-20-10-6-5-7-16(20)15-21-22(25)24(23(28)29-21)17-11-13-19(14-12-17)27-18-8-3-2-4-9-18/h2-15H,1H3/b21-15-. The lowest BCUT2D eigenvalue weighted by Crippen LogP contribution is -2.27. The van der Waals surface area contributed by atoms with E-state index in [4.69, 9.17) is 21.7 Å². The van der Waals surface area contributed by atoms with E-state index in [1.165, 1.54) is 16.7 Å². The van der Waals surface area contributed by atoms with Crippen molar-refractivity contribution in [3.05, 3.63) is 89.3 Å². The molecule has 0 atom stereocenters. The number of carbonyl (C=O) groups is 1. The molecule has 3 aromatic rings. The quantitative estimate of drug-likeness (QED) is 0.381. The minimum Gasteiger partial charge on any atom is -0.496 e. The van der Waals surface area contributed by atoms with E-state index in [2.05, 4.69) is 0 Å². The largest absolute Gasteiger partial charge is 0.496 e. The molecule has 0 aromatic heterocycles. The van der Waals surface area contributed by atoms with Crippen LogP contribution in [0.4, 0.5) is 5.69 Å². The molecule has 0 saturated carbocycles. The van der Waals surface area contributed by atoms with Crippen LogP contribution in [0.25, 0.3) is 6.08 Å². The molecule has 0 N–H and O–H groups in total. The van der Waals surface area contributed by atoms with Crippen LogP contribution < -0.4 is 14.4 Å². The van der Waals surface area contributed by atoms with Crippen LogP contribution in [0.5, 0.6) is 17.2 Å². The van der Waals surface area contributed by atoms with Gasteiger partial charge >= 0.3 is 0 Å². The second kappa shape index (κ2) is 8.51. The average Bonchev–Trinajstić information content (AvgIpc) is 3.03. The van der Waals surface area contributed by atoms with Gasteiger partial charge in [-0.15, -0.1) is 0 Å². The lowest BCUT2D eigenvalue weighted by Gasteiger charge is -2.15. The van der Waals surface area contributed by atoms with Gasteiger partial charge in [0.2, 0.25) is 0 Å². The average molecular weight is 420 g/mol. The third-order valence-corrected chi connectivity index (χ3v) is 5.60. The third kappa shape index (κ3) is 4.18. The molecule has 4 nitrogen and oxygen atoms in total. The molecule has 144 valence electrons. The molecule has 1 heterocycles. The normalized spacial score (nSPS) is 15.1. The summed E-state index contributed by atoms with van der Waals surface area (Å²) in [4.78, 5) is 15.1. The molecule has 3 aromatic carbocycles. The Labute approximate surface area is 178 Å². The van der Waals surface area contributed by atoms with Crippen LogP contribution in [0.3, 0.4) is 0 Å². The summed E-state index contributed by atoms with van der Waals surface area (Å²) < 4.78 is 11.7. The Kier molecular flexibility index (Phi) is 5.64.